The molecule has 0 amide bonds. The van der Waals surface area contributed by atoms with Crippen molar-refractivity contribution < 1.29 is 4.42 Å². The van der Waals surface area contributed by atoms with Gasteiger partial charge in [-0.25, -0.2) is 0 Å². The van der Waals surface area contributed by atoms with E-state index in [-0.39, 0.29) is 0 Å². The van der Waals surface area contributed by atoms with Gasteiger partial charge in [-0.05, 0) is 53.4 Å². The Bertz CT molecular complexity index is 3100. The molecule has 0 spiro atoms. The van der Waals surface area contributed by atoms with Crippen LogP contribution in [0.5, 0.6) is 0 Å². The predicted octanol–water partition coefficient (Wildman–Crippen LogP) is 12.6. The van der Waals surface area contributed by atoms with Crippen LogP contribution in [-0.2, 0) is 0 Å². The van der Waals surface area contributed by atoms with Gasteiger partial charge in [0, 0.05) is 49.0 Å². The van der Waals surface area contributed by atoms with Crippen LogP contribution in [0, 0.1) is 0 Å². The Kier molecular flexibility index (Phi) is 5.38. The van der Waals surface area contributed by atoms with Crippen molar-refractivity contribution in [1.82, 2.24) is 9.13 Å². The SMILES string of the molecule is c1ccc(-n2c3ccccc3c3ccc4c(c5ccccc5n4-c4ccc(-c5cccc6c5oc5ccccc56)c5ccccc45)c32)cc1. The molecule has 0 saturated heterocycles. The van der Waals surface area contributed by atoms with Crippen LogP contribution in [0.1, 0.15) is 0 Å². The Morgan fingerprint density at radius 1 is 0.347 bits per heavy atom. The third-order valence-corrected chi connectivity index (χ3v) is 10.3. The molecule has 0 saturated carbocycles. The topological polar surface area (TPSA) is 23.0 Å². The molecule has 228 valence electrons. The standard InChI is InChI=1S/C46H28N2O/c1-2-13-29(14-3-1)47-39-22-9-6-17-33(39)35-26-28-42-44(45(35)47)38-19-7-10-23-40(38)48(42)41-27-25-31(30-15-4-5-16-32(30)41)36-20-12-21-37-34-18-8-11-24-43(34)49-46(36)37/h1-28H. The van der Waals surface area contributed by atoms with Crippen molar-refractivity contribution in [1.29, 1.82) is 0 Å². The molecule has 3 nitrogen and oxygen atoms in total. The first-order chi connectivity index (χ1) is 24.3. The van der Waals surface area contributed by atoms with Crippen molar-refractivity contribution in [3.8, 4) is 22.5 Å². The molecule has 0 unspecified atom stereocenters. The van der Waals surface area contributed by atoms with Crippen LogP contribution in [-0.4, -0.2) is 9.13 Å². The van der Waals surface area contributed by atoms with Gasteiger partial charge in [0.1, 0.15) is 11.2 Å². The highest BCUT2D eigenvalue weighted by atomic mass is 16.3. The molecule has 0 radical (unpaired) electrons. The lowest BCUT2D eigenvalue weighted by molar-refractivity contribution is 0.670. The Labute approximate surface area is 281 Å². The van der Waals surface area contributed by atoms with E-state index in [9.17, 15) is 0 Å². The largest absolute Gasteiger partial charge is 0.455 e. The zero-order valence-electron chi connectivity index (χ0n) is 26.5. The molecular formula is C46H28N2O. The molecule has 0 aliphatic carbocycles. The van der Waals surface area contributed by atoms with E-state index in [1.807, 2.05) is 6.07 Å². The fourth-order valence-electron chi connectivity index (χ4n) is 8.29. The second-order valence-electron chi connectivity index (χ2n) is 12.9. The van der Waals surface area contributed by atoms with Crippen molar-refractivity contribution in [3.05, 3.63) is 170 Å². The van der Waals surface area contributed by atoms with E-state index < -0.39 is 0 Å². The number of hydrogen-bond donors (Lipinski definition) is 0. The van der Waals surface area contributed by atoms with Crippen LogP contribution in [0.25, 0.3) is 98.8 Å². The summed E-state index contributed by atoms with van der Waals surface area (Å²) in [5.74, 6) is 0. The van der Waals surface area contributed by atoms with E-state index in [2.05, 4.69) is 173 Å². The Morgan fingerprint density at radius 3 is 1.84 bits per heavy atom. The first kappa shape index (κ1) is 26.5. The highest BCUT2D eigenvalue weighted by molar-refractivity contribution is 6.26. The van der Waals surface area contributed by atoms with E-state index in [0.717, 1.165) is 44.4 Å². The summed E-state index contributed by atoms with van der Waals surface area (Å²) in [6.45, 7) is 0. The van der Waals surface area contributed by atoms with Crippen molar-refractivity contribution in [2.75, 3.05) is 0 Å². The van der Waals surface area contributed by atoms with Gasteiger partial charge < -0.3 is 13.6 Å². The smallest absolute Gasteiger partial charge is 0.143 e. The molecule has 11 aromatic rings. The minimum atomic E-state index is 0.912. The monoisotopic (exact) mass is 624 g/mol. The molecule has 3 heterocycles. The van der Waals surface area contributed by atoms with Gasteiger partial charge in [-0.2, -0.15) is 0 Å². The third-order valence-electron chi connectivity index (χ3n) is 10.3. The summed E-state index contributed by atoms with van der Waals surface area (Å²) in [6.07, 6.45) is 0. The number of furan rings is 1. The molecule has 0 N–H and O–H groups in total. The maximum absolute atomic E-state index is 6.51. The average Bonchev–Trinajstić information content (AvgIpc) is 3.83. The third kappa shape index (κ3) is 3.62. The summed E-state index contributed by atoms with van der Waals surface area (Å²) in [7, 11) is 0. The zero-order valence-corrected chi connectivity index (χ0v) is 26.5. The zero-order chi connectivity index (χ0) is 32.1. The number of fused-ring (bicyclic) bond motifs is 11. The van der Waals surface area contributed by atoms with Crippen LogP contribution >= 0.6 is 0 Å². The number of aromatic nitrogens is 2. The first-order valence-corrected chi connectivity index (χ1v) is 16.8. The Balaban J connectivity index is 1.25. The number of benzene rings is 8. The molecular weight excluding hydrogens is 597 g/mol. The highest BCUT2D eigenvalue weighted by Crippen LogP contribution is 2.44. The van der Waals surface area contributed by atoms with Crippen LogP contribution in [0.15, 0.2) is 174 Å². The Hall–Kier alpha value is -6.58. The molecule has 0 aliphatic heterocycles. The molecule has 0 aliphatic rings. The maximum Gasteiger partial charge on any atom is 0.143 e. The van der Waals surface area contributed by atoms with E-state index in [0.29, 0.717) is 0 Å². The quantitative estimate of drug-likeness (QED) is 0.192. The van der Waals surface area contributed by atoms with E-state index in [1.165, 1.54) is 54.4 Å². The first-order valence-electron chi connectivity index (χ1n) is 16.8. The van der Waals surface area contributed by atoms with Crippen molar-refractivity contribution in [2.24, 2.45) is 0 Å². The fourth-order valence-corrected chi connectivity index (χ4v) is 8.29. The average molecular weight is 625 g/mol. The lowest BCUT2D eigenvalue weighted by atomic mass is 9.95. The summed E-state index contributed by atoms with van der Waals surface area (Å²) in [6, 6.07) is 61.2. The van der Waals surface area contributed by atoms with Gasteiger partial charge in [-0.1, -0.05) is 127 Å². The summed E-state index contributed by atoms with van der Waals surface area (Å²) in [5, 5.41) is 9.68. The highest BCUT2D eigenvalue weighted by Gasteiger charge is 2.22. The van der Waals surface area contributed by atoms with E-state index >= 15 is 0 Å². The van der Waals surface area contributed by atoms with Gasteiger partial charge in [0.15, 0.2) is 0 Å². The van der Waals surface area contributed by atoms with Crippen molar-refractivity contribution >= 4 is 76.3 Å². The minimum Gasteiger partial charge on any atom is -0.455 e. The van der Waals surface area contributed by atoms with Crippen molar-refractivity contribution in [2.45, 2.75) is 0 Å². The summed E-state index contributed by atoms with van der Waals surface area (Å²) >= 11 is 0. The maximum atomic E-state index is 6.51. The molecule has 0 fully saturated rings. The van der Waals surface area contributed by atoms with Crippen LogP contribution in [0.2, 0.25) is 0 Å². The Morgan fingerprint density at radius 2 is 1.00 bits per heavy atom. The number of para-hydroxylation sites is 5. The van der Waals surface area contributed by atoms with Gasteiger partial charge in [-0.15, -0.1) is 0 Å². The number of hydrogen-bond acceptors (Lipinski definition) is 1. The molecule has 11 rings (SSSR count). The lowest BCUT2D eigenvalue weighted by Crippen LogP contribution is -1.97. The summed E-state index contributed by atoms with van der Waals surface area (Å²) in [5.41, 5.74) is 11.2. The second kappa shape index (κ2) is 9.96. The fraction of sp³-hybridized carbons (Fsp3) is 0. The molecule has 0 bridgehead atoms. The van der Waals surface area contributed by atoms with Crippen LogP contribution in [0.3, 0.4) is 0 Å². The molecule has 49 heavy (non-hydrogen) atoms. The summed E-state index contributed by atoms with van der Waals surface area (Å²) in [4.78, 5) is 0. The minimum absolute atomic E-state index is 0.912. The van der Waals surface area contributed by atoms with E-state index in [1.54, 1.807) is 0 Å². The summed E-state index contributed by atoms with van der Waals surface area (Å²) < 4.78 is 11.4. The number of nitrogens with zero attached hydrogens (tertiary/aromatic N) is 2. The van der Waals surface area contributed by atoms with Crippen molar-refractivity contribution in [3.63, 3.8) is 0 Å². The second-order valence-corrected chi connectivity index (χ2v) is 12.9. The van der Waals surface area contributed by atoms with Gasteiger partial charge in [0.2, 0.25) is 0 Å². The van der Waals surface area contributed by atoms with Crippen LogP contribution in [0.4, 0.5) is 0 Å². The molecule has 3 heteroatoms. The molecule has 0 atom stereocenters. The molecule has 3 aromatic heterocycles. The van der Waals surface area contributed by atoms with Crippen LogP contribution < -0.4 is 0 Å². The predicted molar refractivity (Wildman–Crippen MR) is 205 cm³/mol. The normalized spacial score (nSPS) is 12.1. The van der Waals surface area contributed by atoms with Gasteiger partial charge in [-0.3, -0.25) is 0 Å². The van der Waals surface area contributed by atoms with Gasteiger partial charge in [0.25, 0.3) is 0 Å². The molecule has 8 aromatic carbocycles. The number of rotatable bonds is 3. The van der Waals surface area contributed by atoms with E-state index in [4.69, 9.17) is 4.42 Å². The van der Waals surface area contributed by atoms with Gasteiger partial charge >= 0.3 is 0 Å². The van der Waals surface area contributed by atoms with Gasteiger partial charge in [0.05, 0.1) is 27.8 Å². The lowest BCUT2D eigenvalue weighted by Gasteiger charge is -2.15.